The van der Waals surface area contributed by atoms with Crippen LogP contribution in [0.3, 0.4) is 0 Å². The molecule has 1 amide bonds. The van der Waals surface area contributed by atoms with Gasteiger partial charge in [-0.1, -0.05) is 0 Å². The first-order valence-electron chi connectivity index (χ1n) is 6.83. The van der Waals surface area contributed by atoms with E-state index in [-0.39, 0.29) is 11.9 Å². The minimum absolute atomic E-state index is 0.0789. The zero-order valence-corrected chi connectivity index (χ0v) is 11.4. The zero-order chi connectivity index (χ0) is 13.9. The Bertz CT molecular complexity index is 618. The number of hydrogen-bond donors (Lipinski definition) is 1. The summed E-state index contributed by atoms with van der Waals surface area (Å²) in [5.41, 5.74) is 1.40. The van der Waals surface area contributed by atoms with E-state index in [0.29, 0.717) is 11.5 Å². The lowest BCUT2D eigenvalue weighted by atomic mass is 10.00. The van der Waals surface area contributed by atoms with Crippen LogP contribution in [0.1, 0.15) is 23.7 Å². The third-order valence-electron chi connectivity index (χ3n) is 3.82. The monoisotopic (exact) mass is 271 g/mol. The lowest BCUT2D eigenvalue weighted by Crippen LogP contribution is -2.38. The highest BCUT2D eigenvalue weighted by atomic mass is 16.5. The number of carbonyl (C=O) groups is 1. The van der Waals surface area contributed by atoms with Crippen molar-refractivity contribution in [1.29, 1.82) is 0 Å². The maximum Gasteiger partial charge on any atom is 0.252 e. The summed E-state index contributed by atoms with van der Waals surface area (Å²) >= 11 is 0. The molecule has 2 atom stereocenters. The zero-order valence-electron chi connectivity index (χ0n) is 11.4. The van der Waals surface area contributed by atoms with Crippen molar-refractivity contribution in [2.75, 3.05) is 13.2 Å². The van der Waals surface area contributed by atoms with E-state index in [1.807, 2.05) is 6.92 Å². The molecule has 0 aromatic carbocycles. The fourth-order valence-corrected chi connectivity index (χ4v) is 2.54. The maximum absolute atomic E-state index is 12.4. The van der Waals surface area contributed by atoms with Gasteiger partial charge in [0.1, 0.15) is 0 Å². The van der Waals surface area contributed by atoms with E-state index in [1.54, 1.807) is 30.7 Å². The number of amides is 1. The molecule has 20 heavy (non-hydrogen) atoms. The van der Waals surface area contributed by atoms with Crippen LogP contribution >= 0.6 is 0 Å². The van der Waals surface area contributed by atoms with Crippen molar-refractivity contribution in [3.05, 3.63) is 36.3 Å². The number of ether oxygens (including phenoxy) is 1. The molecule has 0 bridgehead atoms. The van der Waals surface area contributed by atoms with Crippen LogP contribution in [0.4, 0.5) is 0 Å². The highest BCUT2D eigenvalue weighted by Crippen LogP contribution is 2.18. The Hall–Kier alpha value is -2.01. The van der Waals surface area contributed by atoms with E-state index in [9.17, 15) is 4.79 Å². The van der Waals surface area contributed by atoms with Crippen LogP contribution in [0.5, 0.6) is 0 Å². The maximum atomic E-state index is 12.4. The number of rotatable bonds is 3. The Morgan fingerprint density at radius 3 is 3.15 bits per heavy atom. The van der Waals surface area contributed by atoms with E-state index >= 15 is 0 Å². The predicted octanol–water partition coefficient (Wildman–Crippen LogP) is 1.78. The molecule has 0 saturated carbocycles. The predicted molar refractivity (Wildman–Crippen MR) is 75.4 cm³/mol. The topological polar surface area (TPSA) is 64.1 Å². The fourth-order valence-electron chi connectivity index (χ4n) is 2.54. The fraction of sp³-hybridized carbons (Fsp3) is 0.400. The van der Waals surface area contributed by atoms with Crippen molar-refractivity contribution in [1.82, 2.24) is 15.3 Å². The summed E-state index contributed by atoms with van der Waals surface area (Å²) < 4.78 is 5.36. The average Bonchev–Trinajstić information content (AvgIpc) is 3.01. The minimum atomic E-state index is -0.0789. The second-order valence-electron chi connectivity index (χ2n) is 5.14. The van der Waals surface area contributed by atoms with Gasteiger partial charge in [0.05, 0.1) is 17.7 Å². The molecule has 5 nitrogen and oxygen atoms in total. The number of fused-ring (bicyclic) bond motifs is 1. The van der Waals surface area contributed by atoms with E-state index in [1.165, 1.54) is 0 Å². The summed E-state index contributed by atoms with van der Waals surface area (Å²) in [5, 5.41) is 3.84. The van der Waals surface area contributed by atoms with E-state index < -0.39 is 0 Å². The second-order valence-corrected chi connectivity index (χ2v) is 5.14. The van der Waals surface area contributed by atoms with Crippen molar-refractivity contribution in [2.45, 2.75) is 19.4 Å². The van der Waals surface area contributed by atoms with E-state index in [4.69, 9.17) is 4.74 Å². The van der Waals surface area contributed by atoms with Crippen molar-refractivity contribution in [3.8, 4) is 0 Å². The quantitative estimate of drug-likeness (QED) is 0.924. The number of hydrogen-bond acceptors (Lipinski definition) is 4. The van der Waals surface area contributed by atoms with Gasteiger partial charge in [0.2, 0.25) is 0 Å². The van der Waals surface area contributed by atoms with Crippen molar-refractivity contribution >= 4 is 16.8 Å². The van der Waals surface area contributed by atoms with Gasteiger partial charge in [0.25, 0.3) is 5.91 Å². The van der Waals surface area contributed by atoms with Crippen LogP contribution in [-0.2, 0) is 4.74 Å². The van der Waals surface area contributed by atoms with Crippen LogP contribution < -0.4 is 5.32 Å². The van der Waals surface area contributed by atoms with Crippen LogP contribution in [0.2, 0.25) is 0 Å². The summed E-state index contributed by atoms with van der Waals surface area (Å²) in [4.78, 5) is 20.7. The van der Waals surface area contributed by atoms with Crippen LogP contribution in [-0.4, -0.2) is 35.1 Å². The number of carbonyl (C=O) groups excluding carboxylic acids is 1. The number of nitrogens with zero attached hydrogens (tertiary/aromatic N) is 2. The summed E-state index contributed by atoms with van der Waals surface area (Å²) in [6.07, 6.45) is 6.01. The number of nitrogens with one attached hydrogen (secondary N) is 1. The molecule has 2 unspecified atom stereocenters. The van der Waals surface area contributed by atoms with Gasteiger partial charge < -0.3 is 10.1 Å². The van der Waals surface area contributed by atoms with Gasteiger partial charge in [0.15, 0.2) is 0 Å². The first-order chi connectivity index (χ1) is 9.75. The van der Waals surface area contributed by atoms with Gasteiger partial charge in [0, 0.05) is 42.5 Å². The minimum Gasteiger partial charge on any atom is -0.381 e. The van der Waals surface area contributed by atoms with Crippen molar-refractivity contribution in [2.24, 2.45) is 5.92 Å². The highest BCUT2D eigenvalue weighted by Gasteiger charge is 2.24. The van der Waals surface area contributed by atoms with Crippen molar-refractivity contribution in [3.63, 3.8) is 0 Å². The van der Waals surface area contributed by atoms with Crippen LogP contribution in [0.25, 0.3) is 10.9 Å². The first-order valence-corrected chi connectivity index (χ1v) is 6.83. The smallest absolute Gasteiger partial charge is 0.252 e. The molecule has 2 aromatic rings. The standard InChI is InChI=1S/C15H17N3O2/c1-10(11-4-7-20-9-11)18-15(19)12-2-6-17-14-3-5-16-8-13(12)14/h2-3,5-6,8,10-11H,4,7,9H2,1H3,(H,18,19). The molecule has 1 saturated heterocycles. The number of aromatic nitrogens is 2. The van der Waals surface area contributed by atoms with Gasteiger partial charge in [-0.15, -0.1) is 0 Å². The molecule has 1 aliphatic heterocycles. The molecule has 0 aliphatic carbocycles. The molecular weight excluding hydrogens is 254 g/mol. The molecule has 2 aromatic heterocycles. The largest absolute Gasteiger partial charge is 0.381 e. The van der Waals surface area contributed by atoms with Gasteiger partial charge in [-0.3, -0.25) is 14.8 Å². The molecule has 3 rings (SSSR count). The third kappa shape index (κ3) is 2.49. The lowest BCUT2D eigenvalue weighted by molar-refractivity contribution is 0.0924. The number of pyridine rings is 2. The molecular formula is C15H17N3O2. The normalized spacial score (nSPS) is 19.9. The SMILES string of the molecule is CC(NC(=O)c1ccnc2ccncc12)C1CCOC1. The van der Waals surface area contributed by atoms with Gasteiger partial charge >= 0.3 is 0 Å². The van der Waals surface area contributed by atoms with Gasteiger partial charge in [-0.2, -0.15) is 0 Å². The van der Waals surface area contributed by atoms with Crippen molar-refractivity contribution < 1.29 is 9.53 Å². The Kier molecular flexibility index (Phi) is 3.60. The summed E-state index contributed by atoms with van der Waals surface area (Å²) in [5.74, 6) is 0.315. The van der Waals surface area contributed by atoms with E-state index in [0.717, 1.165) is 30.5 Å². The molecule has 104 valence electrons. The van der Waals surface area contributed by atoms with Gasteiger partial charge in [-0.05, 0) is 25.5 Å². The average molecular weight is 271 g/mol. The van der Waals surface area contributed by atoms with Crippen LogP contribution in [0.15, 0.2) is 30.7 Å². The third-order valence-corrected chi connectivity index (χ3v) is 3.82. The second kappa shape index (κ2) is 5.54. The van der Waals surface area contributed by atoms with Crippen LogP contribution in [0, 0.1) is 5.92 Å². The molecule has 1 fully saturated rings. The Morgan fingerprint density at radius 2 is 2.35 bits per heavy atom. The Morgan fingerprint density at radius 1 is 1.45 bits per heavy atom. The molecule has 3 heterocycles. The Labute approximate surface area is 117 Å². The summed E-state index contributed by atoms with van der Waals surface area (Å²) in [7, 11) is 0. The highest BCUT2D eigenvalue weighted by molar-refractivity contribution is 6.05. The molecule has 1 aliphatic rings. The molecule has 0 spiro atoms. The Balaban J connectivity index is 1.81. The first kappa shape index (κ1) is 13.0. The van der Waals surface area contributed by atoms with E-state index in [2.05, 4.69) is 15.3 Å². The summed E-state index contributed by atoms with van der Waals surface area (Å²) in [6, 6.07) is 3.64. The summed E-state index contributed by atoms with van der Waals surface area (Å²) in [6.45, 7) is 3.53. The molecule has 5 heteroatoms. The molecule has 1 N–H and O–H groups in total. The lowest BCUT2D eigenvalue weighted by Gasteiger charge is -2.19. The van der Waals surface area contributed by atoms with Gasteiger partial charge in [-0.25, -0.2) is 0 Å². The molecule has 0 radical (unpaired) electrons.